The van der Waals surface area contributed by atoms with Crippen LogP contribution in [0.3, 0.4) is 0 Å². The summed E-state index contributed by atoms with van der Waals surface area (Å²) in [5, 5.41) is 0. The second-order valence-electron chi connectivity index (χ2n) is 5.58. The van der Waals surface area contributed by atoms with Crippen LogP contribution in [0.15, 0.2) is 81.9 Å². The monoisotopic (exact) mass is 371 g/mol. The fourth-order valence-corrected chi connectivity index (χ4v) is 5.14. The van der Waals surface area contributed by atoms with Gasteiger partial charge in [0.25, 0.3) is 5.91 Å². The van der Waals surface area contributed by atoms with Crippen LogP contribution in [0.2, 0.25) is 0 Å². The van der Waals surface area contributed by atoms with Crippen LogP contribution in [0.1, 0.15) is 15.2 Å². The summed E-state index contributed by atoms with van der Waals surface area (Å²) >= 11 is 1.00. The molecule has 128 valence electrons. The molecule has 1 heterocycles. The van der Waals surface area contributed by atoms with Gasteiger partial charge in [-0.2, -0.15) is 0 Å². The van der Waals surface area contributed by atoms with E-state index in [4.69, 9.17) is 0 Å². The largest absolute Gasteiger partial charge is 0.337 e. The van der Waals surface area contributed by atoms with Gasteiger partial charge in [0.2, 0.25) is 9.84 Å². The average molecular weight is 371 g/mol. The lowest BCUT2D eigenvalue weighted by Crippen LogP contribution is -2.25. The van der Waals surface area contributed by atoms with E-state index in [9.17, 15) is 13.2 Å². The van der Waals surface area contributed by atoms with Crippen molar-refractivity contribution in [3.05, 3.63) is 83.2 Å². The predicted molar refractivity (Wildman–Crippen MR) is 98.5 cm³/mol. The third kappa shape index (κ3) is 3.81. The maximum atomic E-state index is 12.6. The summed E-state index contributed by atoms with van der Waals surface area (Å²) in [5.41, 5.74) is 1.02. The van der Waals surface area contributed by atoms with E-state index in [1.54, 1.807) is 48.3 Å². The van der Waals surface area contributed by atoms with E-state index in [1.807, 2.05) is 30.3 Å². The molecule has 0 saturated heterocycles. The summed E-state index contributed by atoms with van der Waals surface area (Å²) < 4.78 is 25.4. The Morgan fingerprint density at radius 2 is 1.52 bits per heavy atom. The number of rotatable bonds is 5. The maximum absolute atomic E-state index is 12.6. The van der Waals surface area contributed by atoms with Crippen molar-refractivity contribution in [3.63, 3.8) is 0 Å². The molecule has 0 saturated carbocycles. The molecule has 0 aliphatic carbocycles. The van der Waals surface area contributed by atoms with Gasteiger partial charge < -0.3 is 4.90 Å². The topological polar surface area (TPSA) is 54.5 Å². The molecule has 0 bridgehead atoms. The first-order valence-corrected chi connectivity index (χ1v) is 9.98. The molecule has 1 aromatic heterocycles. The predicted octanol–water partition coefficient (Wildman–Crippen LogP) is 3.85. The van der Waals surface area contributed by atoms with Gasteiger partial charge in [0.05, 0.1) is 9.77 Å². The number of nitrogens with zero attached hydrogens (tertiary/aromatic N) is 1. The van der Waals surface area contributed by atoms with Crippen LogP contribution >= 0.6 is 11.3 Å². The first-order valence-electron chi connectivity index (χ1n) is 7.68. The van der Waals surface area contributed by atoms with E-state index < -0.39 is 9.84 Å². The summed E-state index contributed by atoms with van der Waals surface area (Å²) in [6, 6.07) is 21.0. The normalized spacial score (nSPS) is 11.2. The van der Waals surface area contributed by atoms with Crippen LogP contribution in [0.4, 0.5) is 0 Å². The Balaban J connectivity index is 1.80. The van der Waals surface area contributed by atoms with Gasteiger partial charge in [-0.3, -0.25) is 4.79 Å². The third-order valence-electron chi connectivity index (χ3n) is 3.72. The van der Waals surface area contributed by atoms with E-state index in [2.05, 4.69) is 0 Å². The van der Waals surface area contributed by atoms with Crippen molar-refractivity contribution >= 4 is 27.1 Å². The van der Waals surface area contributed by atoms with Gasteiger partial charge >= 0.3 is 0 Å². The van der Waals surface area contributed by atoms with Crippen molar-refractivity contribution in [2.75, 3.05) is 7.05 Å². The zero-order valence-corrected chi connectivity index (χ0v) is 15.3. The van der Waals surface area contributed by atoms with Gasteiger partial charge in [0, 0.05) is 13.6 Å². The highest BCUT2D eigenvalue weighted by Crippen LogP contribution is 2.28. The second-order valence-corrected chi connectivity index (χ2v) is 8.84. The van der Waals surface area contributed by atoms with Crippen LogP contribution in [-0.2, 0) is 16.4 Å². The lowest BCUT2D eigenvalue weighted by molar-refractivity contribution is 0.0790. The summed E-state index contributed by atoms with van der Waals surface area (Å²) in [4.78, 5) is 14.8. The number of thiophene rings is 1. The average Bonchev–Trinajstić information content (AvgIpc) is 3.13. The maximum Gasteiger partial charge on any atom is 0.264 e. The highest BCUT2D eigenvalue weighted by Gasteiger charge is 2.22. The molecule has 3 aromatic rings. The number of amides is 1. The van der Waals surface area contributed by atoms with Crippen molar-refractivity contribution in [2.24, 2.45) is 0 Å². The number of sulfone groups is 1. The Labute approximate surface area is 151 Å². The fourth-order valence-electron chi connectivity index (χ4n) is 2.41. The molecule has 3 rings (SSSR count). The number of hydrogen-bond acceptors (Lipinski definition) is 4. The molecule has 0 N–H and O–H groups in total. The lowest BCUT2D eigenvalue weighted by Gasteiger charge is -2.16. The Kier molecular flexibility index (Phi) is 5.01. The standard InChI is InChI=1S/C19H17NO3S2/c1-20(14-15-8-4-2-5-9-15)19(21)17-12-13-18(24-17)25(22,23)16-10-6-3-7-11-16/h2-13H,14H2,1H3. The van der Waals surface area contributed by atoms with Crippen LogP contribution in [0.5, 0.6) is 0 Å². The molecule has 25 heavy (non-hydrogen) atoms. The highest BCUT2D eigenvalue weighted by molar-refractivity contribution is 7.93. The molecule has 0 spiro atoms. The molecule has 1 amide bonds. The minimum atomic E-state index is -3.59. The zero-order valence-electron chi connectivity index (χ0n) is 13.6. The van der Waals surface area contributed by atoms with E-state index in [1.165, 1.54) is 6.07 Å². The van der Waals surface area contributed by atoms with Crippen molar-refractivity contribution in [3.8, 4) is 0 Å². The molecule has 0 atom stereocenters. The highest BCUT2D eigenvalue weighted by atomic mass is 32.2. The first kappa shape index (κ1) is 17.4. The molecule has 0 aliphatic heterocycles. The Morgan fingerprint density at radius 3 is 2.16 bits per heavy atom. The zero-order chi connectivity index (χ0) is 17.9. The SMILES string of the molecule is CN(Cc1ccccc1)C(=O)c1ccc(S(=O)(=O)c2ccccc2)s1. The van der Waals surface area contributed by atoms with Gasteiger partial charge in [-0.1, -0.05) is 48.5 Å². The first-order chi connectivity index (χ1) is 12.0. The molecule has 4 nitrogen and oxygen atoms in total. The number of carbonyl (C=O) groups excluding carboxylic acids is 1. The van der Waals surface area contributed by atoms with E-state index in [0.717, 1.165) is 16.9 Å². The number of benzene rings is 2. The second kappa shape index (κ2) is 7.21. The van der Waals surface area contributed by atoms with E-state index in [-0.39, 0.29) is 15.0 Å². The Bertz CT molecular complexity index is 964. The molecular weight excluding hydrogens is 354 g/mol. The van der Waals surface area contributed by atoms with Gasteiger partial charge in [-0.25, -0.2) is 8.42 Å². The van der Waals surface area contributed by atoms with E-state index in [0.29, 0.717) is 11.4 Å². The Hall–Kier alpha value is -2.44. The molecule has 0 aliphatic rings. The summed E-state index contributed by atoms with van der Waals surface area (Å²) in [5.74, 6) is -0.191. The minimum Gasteiger partial charge on any atom is -0.337 e. The van der Waals surface area contributed by atoms with Crippen molar-refractivity contribution in [1.29, 1.82) is 0 Å². The van der Waals surface area contributed by atoms with Gasteiger partial charge in [-0.05, 0) is 29.8 Å². The molecule has 0 unspecified atom stereocenters. The molecular formula is C19H17NO3S2. The van der Waals surface area contributed by atoms with Crippen LogP contribution in [0, 0.1) is 0 Å². The third-order valence-corrected chi connectivity index (χ3v) is 7.05. The Morgan fingerprint density at radius 1 is 0.920 bits per heavy atom. The van der Waals surface area contributed by atoms with Crippen LogP contribution < -0.4 is 0 Å². The summed E-state index contributed by atoms with van der Waals surface area (Å²) in [6.07, 6.45) is 0. The van der Waals surface area contributed by atoms with Gasteiger partial charge in [0.15, 0.2) is 0 Å². The van der Waals surface area contributed by atoms with E-state index >= 15 is 0 Å². The number of carbonyl (C=O) groups is 1. The molecule has 0 fully saturated rings. The van der Waals surface area contributed by atoms with Crippen LogP contribution in [-0.4, -0.2) is 26.3 Å². The lowest BCUT2D eigenvalue weighted by atomic mass is 10.2. The quantitative estimate of drug-likeness (QED) is 0.684. The van der Waals surface area contributed by atoms with Gasteiger partial charge in [-0.15, -0.1) is 11.3 Å². The van der Waals surface area contributed by atoms with Crippen molar-refractivity contribution in [1.82, 2.24) is 4.90 Å². The van der Waals surface area contributed by atoms with Crippen molar-refractivity contribution < 1.29 is 13.2 Å². The smallest absolute Gasteiger partial charge is 0.264 e. The van der Waals surface area contributed by atoms with Gasteiger partial charge in [0.1, 0.15) is 4.21 Å². The minimum absolute atomic E-state index is 0.176. The van der Waals surface area contributed by atoms with Crippen LogP contribution in [0.25, 0.3) is 0 Å². The summed E-state index contributed by atoms with van der Waals surface area (Å²) in [6.45, 7) is 0.471. The molecule has 6 heteroatoms. The summed E-state index contributed by atoms with van der Waals surface area (Å²) in [7, 11) is -1.88. The van der Waals surface area contributed by atoms with Crippen molar-refractivity contribution in [2.45, 2.75) is 15.6 Å². The number of hydrogen-bond donors (Lipinski definition) is 0. The fraction of sp³-hybridized carbons (Fsp3) is 0.105. The molecule has 2 aromatic carbocycles. The molecule has 0 radical (unpaired) electrons.